The van der Waals surface area contributed by atoms with E-state index in [2.05, 4.69) is 6.92 Å². The zero-order valence-corrected chi connectivity index (χ0v) is 11.6. The summed E-state index contributed by atoms with van der Waals surface area (Å²) in [5.41, 5.74) is 0. The Morgan fingerprint density at radius 2 is 1.82 bits per heavy atom. The van der Waals surface area contributed by atoms with Gasteiger partial charge >= 0.3 is 0 Å². The fourth-order valence-electron chi connectivity index (χ4n) is 1.69. The average molecular weight is 261 g/mol. The first-order chi connectivity index (χ1) is 7.99. The molecule has 0 fully saturated rings. The smallest absolute Gasteiger partial charge is 0.264 e. The topological polar surface area (TPSA) is 67.2 Å². The molecule has 0 saturated heterocycles. The summed E-state index contributed by atoms with van der Waals surface area (Å²) >= 11 is 0. The van der Waals surface area contributed by atoms with Gasteiger partial charge in [0.05, 0.1) is 18.4 Å². The predicted octanol–water partition coefficient (Wildman–Crippen LogP) is 3.00. The van der Waals surface area contributed by atoms with Crippen molar-refractivity contribution < 1.29 is 12.6 Å². The van der Waals surface area contributed by atoms with E-state index in [9.17, 15) is 8.42 Å². The molecule has 100 valence electrons. The van der Waals surface area contributed by atoms with E-state index in [-0.39, 0.29) is 6.10 Å². The molecule has 0 N–H and O–H groups in total. The van der Waals surface area contributed by atoms with Gasteiger partial charge in [-0.25, -0.2) is 0 Å². The van der Waals surface area contributed by atoms with Gasteiger partial charge in [-0.1, -0.05) is 39.0 Å². The molecule has 0 rings (SSSR count). The van der Waals surface area contributed by atoms with Gasteiger partial charge in [-0.3, -0.25) is 4.18 Å². The Labute approximate surface area is 105 Å². The standard InChI is InChI=1S/C12H23NO3S/c1-3-4-5-6-7-9-12(10-8-11-13)16-17(2,14)15/h12H,3-10H2,1-2H3/t12-/m1/s1. The quantitative estimate of drug-likeness (QED) is 0.448. The van der Waals surface area contributed by atoms with Crippen molar-refractivity contribution in [3.63, 3.8) is 0 Å². The number of rotatable bonds is 10. The second-order valence-electron chi connectivity index (χ2n) is 4.32. The van der Waals surface area contributed by atoms with Crippen molar-refractivity contribution in [2.45, 2.75) is 64.4 Å². The van der Waals surface area contributed by atoms with Gasteiger partial charge in [-0.2, -0.15) is 13.7 Å². The maximum Gasteiger partial charge on any atom is 0.264 e. The minimum Gasteiger partial charge on any atom is -0.267 e. The van der Waals surface area contributed by atoms with E-state index in [1.165, 1.54) is 19.3 Å². The summed E-state index contributed by atoms with van der Waals surface area (Å²) in [6, 6.07) is 2.02. The van der Waals surface area contributed by atoms with Gasteiger partial charge in [0, 0.05) is 6.42 Å². The molecule has 0 saturated carbocycles. The zero-order valence-electron chi connectivity index (χ0n) is 10.8. The number of nitriles is 1. The molecule has 1 atom stereocenters. The predicted molar refractivity (Wildman–Crippen MR) is 67.9 cm³/mol. The van der Waals surface area contributed by atoms with Crippen LogP contribution >= 0.6 is 0 Å². The summed E-state index contributed by atoms with van der Waals surface area (Å²) in [4.78, 5) is 0. The molecule has 0 aromatic heterocycles. The van der Waals surface area contributed by atoms with Crippen LogP contribution in [0.1, 0.15) is 58.3 Å². The van der Waals surface area contributed by atoms with E-state index < -0.39 is 10.1 Å². The summed E-state index contributed by atoms with van der Waals surface area (Å²) in [6.07, 6.45) is 7.95. The van der Waals surface area contributed by atoms with E-state index in [1.807, 2.05) is 6.07 Å². The Bertz CT molecular complexity index is 319. The molecule has 0 radical (unpaired) electrons. The SMILES string of the molecule is CCCCCCC[C@H](CCC#N)OS(C)(=O)=O. The summed E-state index contributed by atoms with van der Waals surface area (Å²) in [6.45, 7) is 2.16. The molecule has 0 aliphatic rings. The largest absolute Gasteiger partial charge is 0.267 e. The first-order valence-corrected chi connectivity index (χ1v) is 8.06. The Morgan fingerprint density at radius 1 is 1.18 bits per heavy atom. The molecule has 5 heteroatoms. The Balaban J connectivity index is 3.90. The van der Waals surface area contributed by atoms with Crippen molar-refractivity contribution in [1.29, 1.82) is 5.26 Å². The van der Waals surface area contributed by atoms with Crippen LogP contribution in [0.2, 0.25) is 0 Å². The van der Waals surface area contributed by atoms with Crippen LogP contribution in [0, 0.1) is 11.3 Å². The average Bonchev–Trinajstić information content (AvgIpc) is 2.23. The van der Waals surface area contributed by atoms with Gasteiger partial charge in [0.2, 0.25) is 0 Å². The van der Waals surface area contributed by atoms with Crippen molar-refractivity contribution in [3.8, 4) is 6.07 Å². The molecule has 0 aliphatic heterocycles. The third kappa shape index (κ3) is 11.7. The molecule has 0 aliphatic carbocycles. The minimum atomic E-state index is -3.41. The lowest BCUT2D eigenvalue weighted by Crippen LogP contribution is -2.17. The Kier molecular flexibility index (Phi) is 9.10. The van der Waals surface area contributed by atoms with Crippen LogP contribution in [0.3, 0.4) is 0 Å². The zero-order chi connectivity index (χ0) is 13.1. The molecule has 0 unspecified atom stereocenters. The van der Waals surface area contributed by atoms with Crippen molar-refractivity contribution in [1.82, 2.24) is 0 Å². The van der Waals surface area contributed by atoms with E-state index >= 15 is 0 Å². The molecule has 4 nitrogen and oxygen atoms in total. The van der Waals surface area contributed by atoms with E-state index in [0.29, 0.717) is 12.8 Å². The lowest BCUT2D eigenvalue weighted by molar-refractivity contribution is 0.187. The Hall–Kier alpha value is -0.600. The number of unbranched alkanes of at least 4 members (excludes halogenated alkanes) is 4. The monoisotopic (exact) mass is 261 g/mol. The van der Waals surface area contributed by atoms with E-state index in [1.54, 1.807) is 0 Å². The third-order valence-electron chi connectivity index (χ3n) is 2.52. The maximum atomic E-state index is 11.0. The van der Waals surface area contributed by atoms with Crippen molar-refractivity contribution >= 4 is 10.1 Å². The van der Waals surface area contributed by atoms with Crippen LogP contribution in [0.25, 0.3) is 0 Å². The molecule has 0 heterocycles. The first-order valence-electron chi connectivity index (χ1n) is 6.24. The molecule has 0 spiro atoms. The summed E-state index contributed by atoms with van der Waals surface area (Å²) < 4.78 is 27.0. The molecule has 0 aromatic carbocycles. The fraction of sp³-hybridized carbons (Fsp3) is 0.917. The number of hydrogen-bond acceptors (Lipinski definition) is 4. The highest BCUT2D eigenvalue weighted by Gasteiger charge is 2.14. The van der Waals surface area contributed by atoms with Gasteiger partial charge in [-0.05, 0) is 12.8 Å². The second-order valence-corrected chi connectivity index (χ2v) is 5.92. The molecule has 0 aromatic rings. The highest BCUT2D eigenvalue weighted by atomic mass is 32.2. The van der Waals surface area contributed by atoms with E-state index in [4.69, 9.17) is 9.44 Å². The normalized spacial score (nSPS) is 13.2. The van der Waals surface area contributed by atoms with Crippen LogP contribution in [0.15, 0.2) is 0 Å². The first kappa shape index (κ1) is 16.4. The molecule has 0 bridgehead atoms. The van der Waals surface area contributed by atoms with Crippen LogP contribution in [-0.4, -0.2) is 20.8 Å². The highest BCUT2D eigenvalue weighted by Crippen LogP contribution is 2.15. The lowest BCUT2D eigenvalue weighted by Gasteiger charge is -2.14. The molecule has 17 heavy (non-hydrogen) atoms. The fourth-order valence-corrected chi connectivity index (χ4v) is 2.38. The van der Waals surface area contributed by atoms with Gasteiger partial charge in [0.1, 0.15) is 0 Å². The van der Waals surface area contributed by atoms with Crippen LogP contribution in [0.5, 0.6) is 0 Å². The maximum absolute atomic E-state index is 11.0. The van der Waals surface area contributed by atoms with Gasteiger partial charge in [0.15, 0.2) is 0 Å². The van der Waals surface area contributed by atoms with Crippen LogP contribution in [-0.2, 0) is 14.3 Å². The number of hydrogen-bond donors (Lipinski definition) is 0. The van der Waals surface area contributed by atoms with Crippen LogP contribution in [0.4, 0.5) is 0 Å². The van der Waals surface area contributed by atoms with Crippen LogP contribution < -0.4 is 0 Å². The van der Waals surface area contributed by atoms with Gasteiger partial charge in [-0.15, -0.1) is 0 Å². The molecule has 0 amide bonds. The minimum absolute atomic E-state index is 0.328. The third-order valence-corrected chi connectivity index (χ3v) is 3.14. The molecular weight excluding hydrogens is 238 g/mol. The van der Waals surface area contributed by atoms with Gasteiger partial charge < -0.3 is 0 Å². The van der Waals surface area contributed by atoms with Crippen molar-refractivity contribution in [3.05, 3.63) is 0 Å². The highest BCUT2D eigenvalue weighted by molar-refractivity contribution is 7.86. The summed E-state index contributed by atoms with van der Waals surface area (Å²) in [7, 11) is -3.41. The second kappa shape index (κ2) is 9.43. The Morgan fingerprint density at radius 3 is 2.35 bits per heavy atom. The number of nitrogens with zero attached hydrogens (tertiary/aromatic N) is 1. The van der Waals surface area contributed by atoms with E-state index in [0.717, 1.165) is 25.5 Å². The lowest BCUT2D eigenvalue weighted by atomic mass is 10.1. The van der Waals surface area contributed by atoms with Crippen molar-refractivity contribution in [2.24, 2.45) is 0 Å². The summed E-state index contributed by atoms with van der Waals surface area (Å²) in [5, 5.41) is 8.50. The summed E-state index contributed by atoms with van der Waals surface area (Å²) in [5.74, 6) is 0. The molecular formula is C12H23NO3S. The van der Waals surface area contributed by atoms with Gasteiger partial charge in [0.25, 0.3) is 10.1 Å². The van der Waals surface area contributed by atoms with Crippen molar-refractivity contribution in [2.75, 3.05) is 6.26 Å².